The third-order valence-corrected chi connectivity index (χ3v) is 5.31. The number of para-hydroxylation sites is 1. The van der Waals surface area contributed by atoms with Crippen molar-refractivity contribution in [3.05, 3.63) is 54.1 Å². The Morgan fingerprint density at radius 3 is 2.79 bits per heavy atom. The highest BCUT2D eigenvalue weighted by Gasteiger charge is 2.34. The van der Waals surface area contributed by atoms with Crippen LogP contribution >= 0.6 is 0 Å². The number of benzene rings is 2. The van der Waals surface area contributed by atoms with E-state index in [-0.39, 0.29) is 24.3 Å². The van der Waals surface area contributed by atoms with Gasteiger partial charge in [-0.05, 0) is 23.8 Å². The molecule has 6 heteroatoms. The van der Waals surface area contributed by atoms with Crippen LogP contribution < -0.4 is 15.4 Å². The first-order valence-corrected chi connectivity index (χ1v) is 9.31. The van der Waals surface area contributed by atoms with Gasteiger partial charge in [-0.15, -0.1) is 0 Å². The molecule has 2 aliphatic rings. The SMILES string of the molecule is C=Cc1cc2c(cc1OC)-c1ccccc1NC2O[C@H]1CN[C@H](C(=O)OC)C1. The molecule has 1 saturated heterocycles. The molecule has 0 saturated carbocycles. The van der Waals surface area contributed by atoms with Crippen molar-refractivity contribution < 1.29 is 19.0 Å². The highest BCUT2D eigenvalue weighted by molar-refractivity contribution is 5.85. The Morgan fingerprint density at radius 1 is 1.21 bits per heavy atom. The zero-order chi connectivity index (χ0) is 19.7. The van der Waals surface area contributed by atoms with Crippen LogP contribution in [0.5, 0.6) is 5.75 Å². The summed E-state index contributed by atoms with van der Waals surface area (Å²) in [7, 11) is 3.06. The summed E-state index contributed by atoms with van der Waals surface area (Å²) >= 11 is 0. The summed E-state index contributed by atoms with van der Waals surface area (Å²) in [4.78, 5) is 11.8. The summed E-state index contributed by atoms with van der Waals surface area (Å²) in [6.07, 6.45) is 1.92. The number of nitrogens with one attached hydrogen (secondary N) is 2. The molecular weight excluding hydrogens is 356 g/mol. The van der Waals surface area contributed by atoms with Crippen LogP contribution in [0, 0.1) is 0 Å². The van der Waals surface area contributed by atoms with Crippen LogP contribution in [0.3, 0.4) is 0 Å². The molecule has 2 aromatic rings. The highest BCUT2D eigenvalue weighted by Crippen LogP contribution is 2.44. The van der Waals surface area contributed by atoms with Crippen molar-refractivity contribution in [1.29, 1.82) is 0 Å². The molecule has 28 heavy (non-hydrogen) atoms. The molecule has 0 aromatic heterocycles. The number of methoxy groups -OCH3 is 2. The summed E-state index contributed by atoms with van der Waals surface area (Å²) in [6, 6.07) is 11.9. The third-order valence-electron chi connectivity index (χ3n) is 5.31. The number of esters is 1. The molecule has 6 nitrogen and oxygen atoms in total. The van der Waals surface area contributed by atoms with E-state index in [0.717, 1.165) is 33.7 Å². The van der Waals surface area contributed by atoms with Crippen LogP contribution in [0.2, 0.25) is 0 Å². The van der Waals surface area contributed by atoms with Gasteiger partial charge in [0.25, 0.3) is 0 Å². The lowest BCUT2D eigenvalue weighted by molar-refractivity contribution is -0.143. The second kappa shape index (κ2) is 7.66. The van der Waals surface area contributed by atoms with Crippen molar-refractivity contribution in [3.63, 3.8) is 0 Å². The molecule has 3 atom stereocenters. The van der Waals surface area contributed by atoms with Crippen molar-refractivity contribution in [1.82, 2.24) is 5.32 Å². The number of carbonyl (C=O) groups excluding carboxylic acids is 1. The zero-order valence-corrected chi connectivity index (χ0v) is 16.0. The van der Waals surface area contributed by atoms with Crippen LogP contribution in [0.4, 0.5) is 5.69 Å². The summed E-state index contributed by atoms with van der Waals surface area (Å²) in [5, 5.41) is 6.65. The lowest BCUT2D eigenvalue weighted by atomic mass is 9.91. The van der Waals surface area contributed by atoms with Crippen LogP contribution in [-0.4, -0.2) is 38.9 Å². The summed E-state index contributed by atoms with van der Waals surface area (Å²) in [5.41, 5.74) is 5.10. The monoisotopic (exact) mass is 380 g/mol. The fourth-order valence-corrected chi connectivity index (χ4v) is 3.89. The zero-order valence-electron chi connectivity index (χ0n) is 16.0. The van der Waals surface area contributed by atoms with Gasteiger partial charge in [-0.3, -0.25) is 4.79 Å². The van der Waals surface area contributed by atoms with E-state index in [2.05, 4.69) is 29.3 Å². The molecule has 0 amide bonds. The minimum absolute atomic E-state index is 0.103. The lowest BCUT2D eigenvalue weighted by Gasteiger charge is -2.32. The van der Waals surface area contributed by atoms with Crippen molar-refractivity contribution in [3.8, 4) is 16.9 Å². The summed E-state index contributed by atoms with van der Waals surface area (Å²) < 4.78 is 16.8. The van der Waals surface area contributed by atoms with E-state index in [9.17, 15) is 4.79 Å². The van der Waals surface area contributed by atoms with E-state index in [0.29, 0.717) is 13.0 Å². The predicted octanol–water partition coefficient (Wildman–Crippen LogP) is 3.35. The molecule has 2 aliphatic heterocycles. The quantitative estimate of drug-likeness (QED) is 0.776. The van der Waals surface area contributed by atoms with E-state index < -0.39 is 0 Å². The molecule has 2 aromatic carbocycles. The van der Waals surface area contributed by atoms with Crippen molar-refractivity contribution in [2.75, 3.05) is 26.1 Å². The fourth-order valence-electron chi connectivity index (χ4n) is 3.89. The van der Waals surface area contributed by atoms with E-state index in [4.69, 9.17) is 14.2 Å². The maximum absolute atomic E-state index is 11.8. The number of carbonyl (C=O) groups is 1. The van der Waals surface area contributed by atoms with Crippen LogP contribution in [0.1, 0.15) is 23.8 Å². The Bertz CT molecular complexity index is 911. The second-order valence-corrected chi connectivity index (χ2v) is 6.93. The Morgan fingerprint density at radius 2 is 2.04 bits per heavy atom. The first kappa shape index (κ1) is 18.5. The van der Waals surface area contributed by atoms with Gasteiger partial charge in [0.15, 0.2) is 6.23 Å². The Hall–Kier alpha value is -2.83. The maximum atomic E-state index is 11.8. The van der Waals surface area contributed by atoms with Crippen molar-refractivity contribution in [2.24, 2.45) is 0 Å². The molecule has 0 aliphatic carbocycles. The molecule has 4 rings (SSSR count). The largest absolute Gasteiger partial charge is 0.496 e. The highest BCUT2D eigenvalue weighted by atomic mass is 16.5. The van der Waals surface area contributed by atoms with Gasteiger partial charge in [-0.2, -0.15) is 0 Å². The van der Waals surface area contributed by atoms with E-state index in [1.54, 1.807) is 13.2 Å². The van der Waals surface area contributed by atoms with Gasteiger partial charge in [0, 0.05) is 35.3 Å². The predicted molar refractivity (Wildman–Crippen MR) is 108 cm³/mol. The molecule has 1 fully saturated rings. The standard InChI is InChI=1S/C22H24N2O4/c1-4-13-9-17-16(11-20(13)26-2)15-7-5-6-8-18(15)24-21(17)28-14-10-19(23-12-14)22(25)27-3/h4-9,11,14,19,21,23-24H,1,10,12H2,2-3H3/t14-,19+,21?/m1/s1. The molecule has 0 radical (unpaired) electrons. The molecule has 2 N–H and O–H groups in total. The molecular formula is C22H24N2O4. The van der Waals surface area contributed by atoms with Gasteiger partial charge in [0.05, 0.1) is 20.3 Å². The van der Waals surface area contributed by atoms with Gasteiger partial charge in [0.2, 0.25) is 0 Å². The first-order chi connectivity index (χ1) is 13.6. The summed E-state index contributed by atoms with van der Waals surface area (Å²) in [5.74, 6) is 0.518. The van der Waals surface area contributed by atoms with Gasteiger partial charge in [-0.25, -0.2) is 0 Å². The third kappa shape index (κ3) is 3.25. The normalized spacial score (nSPS) is 22.6. The van der Waals surface area contributed by atoms with Crippen molar-refractivity contribution >= 4 is 17.7 Å². The topological polar surface area (TPSA) is 68.8 Å². The van der Waals surface area contributed by atoms with E-state index in [1.165, 1.54) is 7.11 Å². The smallest absolute Gasteiger partial charge is 0.322 e. The van der Waals surface area contributed by atoms with Crippen LogP contribution in [0.25, 0.3) is 17.2 Å². The van der Waals surface area contributed by atoms with Crippen molar-refractivity contribution in [2.45, 2.75) is 24.8 Å². The molecule has 2 heterocycles. The minimum atomic E-state index is -0.335. The summed E-state index contributed by atoms with van der Waals surface area (Å²) in [6.45, 7) is 4.49. The van der Waals surface area contributed by atoms with Gasteiger partial charge in [-0.1, -0.05) is 30.9 Å². The lowest BCUT2D eigenvalue weighted by Crippen LogP contribution is -2.31. The van der Waals surface area contributed by atoms with Gasteiger partial charge >= 0.3 is 5.97 Å². The number of hydrogen-bond acceptors (Lipinski definition) is 6. The first-order valence-electron chi connectivity index (χ1n) is 9.31. The number of anilines is 1. The maximum Gasteiger partial charge on any atom is 0.322 e. The minimum Gasteiger partial charge on any atom is -0.496 e. The Balaban J connectivity index is 1.67. The second-order valence-electron chi connectivity index (χ2n) is 6.93. The fraction of sp³-hybridized carbons (Fsp3) is 0.318. The molecule has 0 bridgehead atoms. The average molecular weight is 380 g/mol. The number of rotatable bonds is 5. The Kier molecular flexibility index (Phi) is 5.07. The Labute approximate surface area is 164 Å². The molecule has 0 spiro atoms. The van der Waals surface area contributed by atoms with Crippen LogP contribution in [-0.2, 0) is 14.3 Å². The van der Waals surface area contributed by atoms with Crippen LogP contribution in [0.15, 0.2) is 43.0 Å². The van der Waals surface area contributed by atoms with E-state index in [1.807, 2.05) is 24.3 Å². The molecule has 146 valence electrons. The number of fused-ring (bicyclic) bond motifs is 3. The van der Waals surface area contributed by atoms with Gasteiger partial charge in [0.1, 0.15) is 11.8 Å². The number of ether oxygens (including phenoxy) is 3. The van der Waals surface area contributed by atoms with Gasteiger partial charge < -0.3 is 24.8 Å². The number of hydrogen-bond donors (Lipinski definition) is 2. The average Bonchev–Trinajstić information content (AvgIpc) is 3.20. The molecule has 1 unspecified atom stereocenters. The van der Waals surface area contributed by atoms with E-state index >= 15 is 0 Å².